The normalized spacial score (nSPS) is 13.5. The molecule has 0 spiro atoms. The lowest BCUT2D eigenvalue weighted by Gasteiger charge is -2.10. The molecule has 2 amide bonds. The van der Waals surface area contributed by atoms with Crippen LogP contribution in [0.25, 0.3) is 0 Å². The van der Waals surface area contributed by atoms with Crippen molar-refractivity contribution in [2.45, 2.75) is 18.9 Å². The molecular weight excluding hydrogens is 321 g/mol. The van der Waals surface area contributed by atoms with Crippen LogP contribution in [0.2, 0.25) is 10.0 Å². The van der Waals surface area contributed by atoms with Crippen molar-refractivity contribution in [2.75, 3.05) is 10.6 Å². The average Bonchev–Trinajstić information content (AvgIpc) is 3.29. The molecule has 114 valence electrons. The molecule has 1 aliphatic carbocycles. The Labute approximate surface area is 138 Å². The van der Waals surface area contributed by atoms with E-state index in [-0.39, 0.29) is 6.03 Å². The number of hydrogen-bond acceptors (Lipinski definition) is 2. The van der Waals surface area contributed by atoms with E-state index in [1.807, 2.05) is 24.3 Å². The number of carbonyl (C=O) groups is 1. The van der Waals surface area contributed by atoms with Crippen molar-refractivity contribution in [3.8, 4) is 0 Å². The lowest BCUT2D eigenvalue weighted by atomic mass is 10.2. The molecule has 4 nitrogen and oxygen atoms in total. The summed E-state index contributed by atoms with van der Waals surface area (Å²) in [6, 6.07) is 12.8. The maximum Gasteiger partial charge on any atom is 0.319 e. The van der Waals surface area contributed by atoms with Crippen LogP contribution in [0.1, 0.15) is 12.8 Å². The molecule has 0 aromatic heterocycles. The summed E-state index contributed by atoms with van der Waals surface area (Å²) in [5, 5.41) is 10.1. The van der Waals surface area contributed by atoms with Crippen molar-refractivity contribution < 1.29 is 4.79 Å². The van der Waals surface area contributed by atoms with Crippen LogP contribution in [0, 0.1) is 0 Å². The molecule has 0 bridgehead atoms. The smallest absolute Gasteiger partial charge is 0.319 e. The van der Waals surface area contributed by atoms with Crippen molar-refractivity contribution in [3.05, 3.63) is 52.5 Å². The molecule has 1 saturated carbocycles. The number of halogens is 2. The third-order valence-electron chi connectivity index (χ3n) is 3.26. The maximum atomic E-state index is 11.7. The SMILES string of the molecule is O=C(Nc1ccc(Nc2cc(Cl)ccc2Cl)cc1)NC1CC1. The van der Waals surface area contributed by atoms with E-state index in [4.69, 9.17) is 23.2 Å². The monoisotopic (exact) mass is 335 g/mol. The number of carbonyl (C=O) groups excluding carboxylic acids is 1. The van der Waals surface area contributed by atoms with E-state index in [9.17, 15) is 4.79 Å². The minimum atomic E-state index is -0.166. The van der Waals surface area contributed by atoms with Crippen LogP contribution in [0.5, 0.6) is 0 Å². The van der Waals surface area contributed by atoms with Gasteiger partial charge in [0.25, 0.3) is 0 Å². The fourth-order valence-electron chi connectivity index (χ4n) is 1.97. The fourth-order valence-corrected chi connectivity index (χ4v) is 2.30. The van der Waals surface area contributed by atoms with Gasteiger partial charge in [0, 0.05) is 22.4 Å². The van der Waals surface area contributed by atoms with E-state index in [1.54, 1.807) is 18.2 Å². The van der Waals surface area contributed by atoms with E-state index in [0.29, 0.717) is 16.1 Å². The minimum absolute atomic E-state index is 0.166. The first-order valence-corrected chi connectivity index (χ1v) is 7.75. The molecule has 2 aromatic carbocycles. The van der Waals surface area contributed by atoms with Gasteiger partial charge in [-0.15, -0.1) is 0 Å². The highest BCUT2D eigenvalue weighted by atomic mass is 35.5. The van der Waals surface area contributed by atoms with Gasteiger partial charge in [-0.25, -0.2) is 4.79 Å². The highest BCUT2D eigenvalue weighted by Crippen LogP contribution is 2.28. The quantitative estimate of drug-likeness (QED) is 0.734. The molecule has 0 unspecified atom stereocenters. The molecule has 1 aliphatic rings. The van der Waals surface area contributed by atoms with Gasteiger partial charge in [-0.2, -0.15) is 0 Å². The Morgan fingerprint density at radius 3 is 2.36 bits per heavy atom. The molecule has 0 atom stereocenters. The first-order valence-electron chi connectivity index (χ1n) is 7.00. The lowest BCUT2D eigenvalue weighted by Crippen LogP contribution is -2.30. The van der Waals surface area contributed by atoms with Crippen LogP contribution < -0.4 is 16.0 Å². The highest BCUT2D eigenvalue weighted by molar-refractivity contribution is 6.35. The third kappa shape index (κ3) is 4.06. The van der Waals surface area contributed by atoms with Crippen molar-refractivity contribution in [1.29, 1.82) is 0 Å². The number of amides is 2. The molecule has 6 heteroatoms. The highest BCUT2D eigenvalue weighted by Gasteiger charge is 2.23. The molecule has 0 heterocycles. The fraction of sp³-hybridized carbons (Fsp3) is 0.188. The van der Waals surface area contributed by atoms with Gasteiger partial charge in [-0.1, -0.05) is 23.2 Å². The second kappa shape index (κ2) is 6.46. The first kappa shape index (κ1) is 15.0. The Kier molecular flexibility index (Phi) is 4.41. The van der Waals surface area contributed by atoms with Crippen molar-refractivity contribution in [3.63, 3.8) is 0 Å². The van der Waals surface area contributed by atoms with E-state index >= 15 is 0 Å². The summed E-state index contributed by atoms with van der Waals surface area (Å²) in [5.41, 5.74) is 2.33. The molecular formula is C16H15Cl2N3O. The van der Waals surface area contributed by atoms with Gasteiger partial charge < -0.3 is 16.0 Å². The zero-order valence-electron chi connectivity index (χ0n) is 11.7. The first-order chi connectivity index (χ1) is 10.6. The largest absolute Gasteiger partial charge is 0.354 e. The number of urea groups is 1. The molecule has 1 fully saturated rings. The number of benzene rings is 2. The molecule has 0 radical (unpaired) electrons. The maximum absolute atomic E-state index is 11.7. The predicted molar refractivity (Wildman–Crippen MR) is 91.4 cm³/mol. The van der Waals surface area contributed by atoms with E-state index in [1.165, 1.54) is 0 Å². The van der Waals surface area contributed by atoms with Crippen molar-refractivity contribution in [1.82, 2.24) is 5.32 Å². The Hall–Kier alpha value is -1.91. The van der Waals surface area contributed by atoms with Crippen LogP contribution >= 0.6 is 23.2 Å². The molecule has 2 aromatic rings. The zero-order valence-corrected chi connectivity index (χ0v) is 13.2. The molecule has 3 rings (SSSR count). The summed E-state index contributed by atoms with van der Waals surface area (Å²) < 4.78 is 0. The van der Waals surface area contributed by atoms with Crippen LogP contribution in [-0.4, -0.2) is 12.1 Å². The Morgan fingerprint density at radius 2 is 1.68 bits per heavy atom. The summed E-state index contributed by atoms with van der Waals surface area (Å²) in [7, 11) is 0. The number of rotatable bonds is 4. The van der Waals surface area contributed by atoms with E-state index in [2.05, 4.69) is 16.0 Å². The predicted octanol–water partition coefficient (Wildman–Crippen LogP) is 5.02. The summed E-state index contributed by atoms with van der Waals surface area (Å²) in [5.74, 6) is 0. The average molecular weight is 336 g/mol. The van der Waals surface area contributed by atoms with Crippen LogP contribution in [0.3, 0.4) is 0 Å². The number of nitrogens with one attached hydrogen (secondary N) is 3. The topological polar surface area (TPSA) is 53.2 Å². The second-order valence-electron chi connectivity index (χ2n) is 5.20. The van der Waals surface area contributed by atoms with E-state index in [0.717, 1.165) is 29.9 Å². The molecule has 0 saturated heterocycles. The summed E-state index contributed by atoms with van der Waals surface area (Å²) >= 11 is 12.1. The summed E-state index contributed by atoms with van der Waals surface area (Å²) in [6.45, 7) is 0. The number of hydrogen-bond donors (Lipinski definition) is 3. The summed E-state index contributed by atoms with van der Waals surface area (Å²) in [6.07, 6.45) is 2.13. The van der Waals surface area contributed by atoms with Gasteiger partial charge >= 0.3 is 6.03 Å². The number of anilines is 3. The van der Waals surface area contributed by atoms with Crippen LogP contribution in [-0.2, 0) is 0 Å². The Morgan fingerprint density at radius 1 is 1.00 bits per heavy atom. The van der Waals surface area contributed by atoms with Crippen LogP contribution in [0.4, 0.5) is 21.9 Å². The van der Waals surface area contributed by atoms with Gasteiger partial charge in [-0.3, -0.25) is 0 Å². The second-order valence-corrected chi connectivity index (χ2v) is 6.04. The van der Waals surface area contributed by atoms with Gasteiger partial charge in [0.05, 0.1) is 10.7 Å². The Bertz CT molecular complexity index is 684. The lowest BCUT2D eigenvalue weighted by molar-refractivity contribution is 0.251. The summed E-state index contributed by atoms with van der Waals surface area (Å²) in [4.78, 5) is 11.7. The molecule has 22 heavy (non-hydrogen) atoms. The molecule has 3 N–H and O–H groups in total. The van der Waals surface area contributed by atoms with Crippen LogP contribution in [0.15, 0.2) is 42.5 Å². The van der Waals surface area contributed by atoms with Gasteiger partial charge in [0.2, 0.25) is 0 Å². The third-order valence-corrected chi connectivity index (χ3v) is 3.83. The zero-order chi connectivity index (χ0) is 15.5. The van der Waals surface area contributed by atoms with Gasteiger partial charge in [0.1, 0.15) is 0 Å². The van der Waals surface area contributed by atoms with Crippen molar-refractivity contribution in [2.24, 2.45) is 0 Å². The Balaban J connectivity index is 1.63. The molecule has 0 aliphatic heterocycles. The van der Waals surface area contributed by atoms with Crippen molar-refractivity contribution >= 4 is 46.3 Å². The van der Waals surface area contributed by atoms with Gasteiger partial charge in [-0.05, 0) is 55.3 Å². The minimum Gasteiger partial charge on any atom is -0.354 e. The van der Waals surface area contributed by atoms with E-state index < -0.39 is 0 Å². The standard InChI is InChI=1S/C16H15Cl2N3O/c17-10-1-8-14(18)15(9-10)19-11-2-4-12(5-3-11)20-16(22)21-13-6-7-13/h1-5,8-9,13,19H,6-7H2,(H2,20,21,22). The van der Waals surface area contributed by atoms with Gasteiger partial charge in [0.15, 0.2) is 0 Å².